The van der Waals surface area contributed by atoms with E-state index in [4.69, 9.17) is 32.9 Å². The molecule has 1 saturated carbocycles. The van der Waals surface area contributed by atoms with Gasteiger partial charge in [-0.25, -0.2) is 9.78 Å². The summed E-state index contributed by atoms with van der Waals surface area (Å²) < 4.78 is 8.42. The molecule has 3 aliphatic rings. The third kappa shape index (κ3) is 6.62. The Morgan fingerprint density at radius 3 is 2.45 bits per heavy atom. The summed E-state index contributed by atoms with van der Waals surface area (Å²) in [6.07, 6.45) is 6.66. The maximum absolute atomic E-state index is 13.2. The van der Waals surface area contributed by atoms with E-state index in [0.29, 0.717) is 58.8 Å². The number of hydrogen-bond donors (Lipinski definition) is 3. The van der Waals surface area contributed by atoms with Gasteiger partial charge in [-0.3, -0.25) is 19.0 Å². The lowest BCUT2D eigenvalue weighted by atomic mass is 9.99. The normalized spacial score (nSPS) is 18.3. The van der Waals surface area contributed by atoms with Crippen LogP contribution in [-0.4, -0.2) is 45.1 Å². The van der Waals surface area contributed by atoms with E-state index >= 15 is 0 Å². The third-order valence-corrected chi connectivity index (χ3v) is 10.3. The molecule has 13 heteroatoms. The maximum atomic E-state index is 13.2. The van der Waals surface area contributed by atoms with Crippen LogP contribution < -0.4 is 31.9 Å². The smallest absolute Gasteiger partial charge is 0.330 e. The average molecular weight is 704 g/mol. The van der Waals surface area contributed by atoms with E-state index in [9.17, 15) is 19.2 Å². The van der Waals surface area contributed by atoms with Gasteiger partial charge in [-0.15, -0.1) is 0 Å². The fourth-order valence-electron chi connectivity index (χ4n) is 6.58. The van der Waals surface area contributed by atoms with Gasteiger partial charge >= 0.3 is 5.69 Å². The summed E-state index contributed by atoms with van der Waals surface area (Å²) in [5.74, 6) is 0.556. The average Bonchev–Trinajstić information content (AvgIpc) is 3.69. The van der Waals surface area contributed by atoms with E-state index in [2.05, 4.69) is 22.0 Å². The lowest BCUT2D eigenvalue weighted by molar-refractivity contribution is -0.119. The molecule has 49 heavy (non-hydrogen) atoms. The van der Waals surface area contributed by atoms with Gasteiger partial charge < -0.3 is 25.3 Å². The number of aromatic nitrogens is 3. The molecule has 4 aromatic rings. The first-order valence-electron chi connectivity index (χ1n) is 16.4. The number of ether oxygens (including phenoxy) is 1. The van der Waals surface area contributed by atoms with Gasteiger partial charge in [-0.2, -0.15) is 0 Å². The van der Waals surface area contributed by atoms with Gasteiger partial charge in [-0.05, 0) is 55.7 Å². The highest BCUT2D eigenvalue weighted by atomic mass is 35.5. The van der Waals surface area contributed by atoms with Gasteiger partial charge in [0.2, 0.25) is 11.8 Å². The molecule has 0 spiro atoms. The predicted octanol–water partition coefficient (Wildman–Crippen LogP) is 5.02. The quantitative estimate of drug-likeness (QED) is 0.211. The molecule has 1 unspecified atom stereocenters. The number of anilines is 1. The fourth-order valence-corrected chi connectivity index (χ4v) is 7.18. The SMILES string of the molecule is Cn1cc(C(=O)Nc2cccc(-c3cccc(-c4cc5c(c(OCC6CC6)n4)[C@@H](NCC4CCC(=O)N4)CC5)c3Cl)c2Cl)c(=O)n(C)c1=O. The number of fused-ring (bicyclic) bond motifs is 1. The van der Waals surface area contributed by atoms with Crippen molar-refractivity contribution in [3.63, 3.8) is 0 Å². The number of pyridine rings is 1. The second-order valence-corrected chi connectivity index (χ2v) is 13.8. The van der Waals surface area contributed by atoms with Crippen LogP contribution in [0.1, 0.15) is 59.6 Å². The zero-order valence-corrected chi connectivity index (χ0v) is 28.7. The van der Waals surface area contributed by atoms with Gasteiger partial charge in [0.05, 0.1) is 28.0 Å². The summed E-state index contributed by atoms with van der Waals surface area (Å²) in [5, 5.41) is 10.1. The Morgan fingerprint density at radius 1 is 0.980 bits per heavy atom. The molecule has 0 radical (unpaired) electrons. The molecule has 2 aromatic heterocycles. The Kier molecular flexibility index (Phi) is 9.08. The molecule has 3 N–H and O–H groups in total. The number of amides is 2. The summed E-state index contributed by atoms with van der Waals surface area (Å²) in [6, 6.07) is 13.1. The summed E-state index contributed by atoms with van der Waals surface area (Å²) in [4.78, 5) is 54.7. The van der Waals surface area contributed by atoms with Gasteiger partial charge in [0.1, 0.15) is 5.56 Å². The van der Waals surface area contributed by atoms with E-state index in [1.807, 2.05) is 18.2 Å². The standard InChI is InChI=1S/C36H36Cl2N6O5/c1-43-17-25(35(47)44(2)36(43)48)33(46)41-27-8-4-6-23(32(27)38)22-5-3-7-24(31(22)37)28-15-20-11-13-26(39-16-21-12-14-29(45)40-21)30(20)34(42-28)49-18-19-9-10-19/h3-8,15,17,19,21,26,39H,9-14,16,18H2,1-2H3,(H,40,45)(H,41,46)/t21?,26-/m0/s1. The highest BCUT2D eigenvalue weighted by Crippen LogP contribution is 2.44. The lowest BCUT2D eigenvalue weighted by Gasteiger charge is -2.20. The topological polar surface area (TPSA) is 136 Å². The van der Waals surface area contributed by atoms with Crippen LogP contribution in [0.15, 0.2) is 58.3 Å². The number of hydrogen-bond acceptors (Lipinski definition) is 7. The van der Waals surface area contributed by atoms with Crippen LogP contribution in [0, 0.1) is 5.92 Å². The van der Waals surface area contributed by atoms with E-state index in [0.717, 1.165) is 47.8 Å². The summed E-state index contributed by atoms with van der Waals surface area (Å²) in [6.45, 7) is 1.30. The third-order valence-electron chi connectivity index (χ3n) is 9.51. The zero-order chi connectivity index (χ0) is 34.4. The molecule has 2 aromatic carbocycles. The molecule has 0 bridgehead atoms. The predicted molar refractivity (Wildman–Crippen MR) is 188 cm³/mol. The molecule has 11 nitrogen and oxygen atoms in total. The van der Waals surface area contributed by atoms with Crippen LogP contribution in [0.2, 0.25) is 10.0 Å². The number of carbonyl (C=O) groups is 2. The van der Waals surface area contributed by atoms with Gasteiger partial charge in [-0.1, -0.05) is 53.5 Å². The van der Waals surface area contributed by atoms with E-state index in [-0.39, 0.29) is 34.3 Å². The minimum atomic E-state index is -0.713. The molecule has 7 rings (SSSR count). The number of nitrogens with zero attached hydrogens (tertiary/aromatic N) is 3. The van der Waals surface area contributed by atoms with Crippen LogP contribution in [-0.2, 0) is 25.3 Å². The first kappa shape index (κ1) is 33.1. The molecule has 2 atom stereocenters. The van der Waals surface area contributed by atoms with Crippen molar-refractivity contribution >= 4 is 40.7 Å². The highest BCUT2D eigenvalue weighted by Gasteiger charge is 2.32. The molecular formula is C36H36Cl2N6O5. The zero-order valence-electron chi connectivity index (χ0n) is 27.1. The van der Waals surface area contributed by atoms with Crippen LogP contribution in [0.25, 0.3) is 22.4 Å². The molecule has 3 heterocycles. The van der Waals surface area contributed by atoms with Gasteiger partial charge in [0.15, 0.2) is 0 Å². The van der Waals surface area contributed by atoms with Crippen molar-refractivity contribution in [2.45, 2.75) is 50.6 Å². The number of carbonyl (C=O) groups excluding carboxylic acids is 2. The summed E-state index contributed by atoms with van der Waals surface area (Å²) in [5.41, 5.74) is 3.67. The maximum Gasteiger partial charge on any atom is 0.330 e. The van der Waals surface area contributed by atoms with Crippen LogP contribution in [0.3, 0.4) is 0 Å². The fraction of sp³-hybridized carbons (Fsp3) is 0.361. The lowest BCUT2D eigenvalue weighted by Crippen LogP contribution is -2.40. The minimum absolute atomic E-state index is 0.0720. The Bertz CT molecular complexity index is 2110. The molecule has 2 amide bonds. The second-order valence-electron chi connectivity index (χ2n) is 13.0. The van der Waals surface area contributed by atoms with Gasteiger partial charge in [0, 0.05) is 67.6 Å². The van der Waals surface area contributed by atoms with Crippen molar-refractivity contribution in [2.24, 2.45) is 20.0 Å². The molecule has 2 aliphatic carbocycles. The van der Waals surface area contributed by atoms with Crippen molar-refractivity contribution in [1.29, 1.82) is 0 Å². The van der Waals surface area contributed by atoms with E-state index in [1.54, 1.807) is 18.2 Å². The summed E-state index contributed by atoms with van der Waals surface area (Å²) >= 11 is 14.0. The first-order chi connectivity index (χ1) is 23.6. The van der Waals surface area contributed by atoms with Gasteiger partial charge in [0.25, 0.3) is 11.5 Å². The van der Waals surface area contributed by atoms with Crippen molar-refractivity contribution in [3.8, 4) is 28.3 Å². The number of rotatable bonds is 10. The Morgan fingerprint density at radius 2 is 1.71 bits per heavy atom. The number of halogens is 2. The molecule has 254 valence electrons. The van der Waals surface area contributed by atoms with Crippen molar-refractivity contribution in [2.75, 3.05) is 18.5 Å². The van der Waals surface area contributed by atoms with E-state index < -0.39 is 17.2 Å². The largest absolute Gasteiger partial charge is 0.477 e. The first-order valence-corrected chi connectivity index (χ1v) is 17.2. The molecule has 1 saturated heterocycles. The van der Waals surface area contributed by atoms with Crippen LogP contribution in [0.4, 0.5) is 5.69 Å². The Hall–Kier alpha value is -4.45. The van der Waals surface area contributed by atoms with E-state index in [1.165, 1.54) is 24.9 Å². The van der Waals surface area contributed by atoms with Crippen molar-refractivity contribution < 1.29 is 14.3 Å². The number of nitrogens with one attached hydrogen (secondary N) is 3. The second kappa shape index (κ2) is 13.5. The minimum Gasteiger partial charge on any atom is -0.477 e. The highest BCUT2D eigenvalue weighted by molar-refractivity contribution is 6.39. The molecule has 1 aliphatic heterocycles. The number of aryl methyl sites for hydroxylation is 2. The molecular weight excluding hydrogens is 667 g/mol. The van der Waals surface area contributed by atoms with Crippen molar-refractivity contribution in [3.05, 3.63) is 96.2 Å². The van der Waals surface area contributed by atoms with Crippen molar-refractivity contribution in [1.82, 2.24) is 24.8 Å². The van der Waals surface area contributed by atoms with Crippen LogP contribution >= 0.6 is 23.2 Å². The summed E-state index contributed by atoms with van der Waals surface area (Å²) in [7, 11) is 2.78. The molecule has 2 fully saturated rings. The number of benzene rings is 2. The Labute approximate surface area is 292 Å². The monoisotopic (exact) mass is 702 g/mol. The van der Waals surface area contributed by atoms with Crippen LogP contribution in [0.5, 0.6) is 5.88 Å². The Balaban J connectivity index is 1.19.